The summed E-state index contributed by atoms with van der Waals surface area (Å²) in [5.41, 5.74) is 0. The van der Waals surface area contributed by atoms with E-state index in [1.165, 1.54) is 30.7 Å². The molecule has 0 aromatic carbocycles. The van der Waals surface area contributed by atoms with Gasteiger partial charge >= 0.3 is 0 Å². The normalized spacial score (nSPS) is 11.7. The Morgan fingerprint density at radius 3 is 1.67 bits per heavy atom. The van der Waals surface area contributed by atoms with E-state index in [4.69, 9.17) is 0 Å². The fourth-order valence-corrected chi connectivity index (χ4v) is 1.39. The molecule has 0 amide bonds. The Morgan fingerprint density at radius 2 is 1.42 bits per heavy atom. The molecule has 0 unspecified atom stereocenters. The zero-order chi connectivity index (χ0) is 8.74. The molecule has 0 N–H and O–H groups in total. The topological polar surface area (TPSA) is 0 Å². The van der Waals surface area contributed by atoms with Crippen LogP contribution in [0.1, 0.15) is 27.7 Å². The minimum absolute atomic E-state index is 0. The Bertz CT molecular complexity index is 109. The van der Waals surface area contributed by atoms with Crippen LogP contribution in [0, 0.1) is 0 Å². The number of likely N-dealkylation sites (N-methyl/N-ethyl adjacent to an activating group) is 1. The zero-order valence-electron chi connectivity index (χ0n) is 8.81. The largest absolute Gasteiger partial charge is 1.00 e. The van der Waals surface area contributed by atoms with Crippen molar-refractivity contribution in [3.8, 4) is 0 Å². The van der Waals surface area contributed by atoms with Crippen molar-refractivity contribution in [3.05, 3.63) is 12.2 Å². The van der Waals surface area contributed by atoms with Crippen molar-refractivity contribution < 1.29 is 21.5 Å². The number of nitrogens with zero attached hydrogens (tertiary/aromatic N) is 1. The molecule has 0 bridgehead atoms. The van der Waals surface area contributed by atoms with Crippen LogP contribution in [0.3, 0.4) is 0 Å². The first-order valence-electron chi connectivity index (χ1n) is 4.71. The SMILES string of the molecule is CC=CC[N+](CC)(CC)CC.[Br-]. The smallest absolute Gasteiger partial charge is 0.0973 e. The second kappa shape index (κ2) is 7.81. The molecular formula is C10H22BrN. The highest BCUT2D eigenvalue weighted by Crippen LogP contribution is 2.05. The van der Waals surface area contributed by atoms with Crippen molar-refractivity contribution in [1.82, 2.24) is 0 Å². The second-order valence-electron chi connectivity index (χ2n) is 3.04. The average Bonchev–Trinajstić information content (AvgIpc) is 2.08. The summed E-state index contributed by atoms with van der Waals surface area (Å²) >= 11 is 0. The molecule has 0 radical (unpaired) electrons. The average molecular weight is 236 g/mol. The summed E-state index contributed by atoms with van der Waals surface area (Å²) in [6.07, 6.45) is 4.42. The first-order chi connectivity index (χ1) is 5.24. The van der Waals surface area contributed by atoms with Gasteiger partial charge in [0.15, 0.2) is 0 Å². The Hall–Kier alpha value is 0.180. The molecule has 0 aliphatic heterocycles. The molecule has 0 heterocycles. The molecule has 0 aliphatic rings. The number of halogens is 1. The van der Waals surface area contributed by atoms with Gasteiger partial charge in [-0.1, -0.05) is 6.08 Å². The Kier molecular flexibility index (Phi) is 9.56. The van der Waals surface area contributed by atoms with Crippen LogP contribution in [0.2, 0.25) is 0 Å². The van der Waals surface area contributed by atoms with Gasteiger partial charge in [-0.2, -0.15) is 0 Å². The monoisotopic (exact) mass is 235 g/mol. The van der Waals surface area contributed by atoms with Crippen molar-refractivity contribution in [3.63, 3.8) is 0 Å². The quantitative estimate of drug-likeness (QED) is 0.443. The van der Waals surface area contributed by atoms with Gasteiger partial charge in [-0.25, -0.2) is 0 Å². The van der Waals surface area contributed by atoms with Gasteiger partial charge in [0.2, 0.25) is 0 Å². The summed E-state index contributed by atoms with van der Waals surface area (Å²) in [6.45, 7) is 13.9. The van der Waals surface area contributed by atoms with Gasteiger partial charge in [-0.15, -0.1) is 0 Å². The maximum absolute atomic E-state index is 2.27. The first kappa shape index (κ1) is 14.7. The molecule has 0 rings (SSSR count). The summed E-state index contributed by atoms with van der Waals surface area (Å²) in [5.74, 6) is 0. The highest BCUT2D eigenvalue weighted by atomic mass is 79.9. The van der Waals surface area contributed by atoms with Crippen LogP contribution >= 0.6 is 0 Å². The summed E-state index contributed by atoms with van der Waals surface area (Å²) in [6, 6.07) is 0. The lowest BCUT2D eigenvalue weighted by atomic mass is 10.3. The Morgan fingerprint density at radius 1 is 1.00 bits per heavy atom. The summed E-state index contributed by atoms with van der Waals surface area (Å²) in [5, 5.41) is 0. The predicted octanol–water partition coefficient (Wildman–Crippen LogP) is -0.557. The van der Waals surface area contributed by atoms with Crippen LogP contribution in [0.15, 0.2) is 12.2 Å². The number of hydrogen-bond acceptors (Lipinski definition) is 0. The lowest BCUT2D eigenvalue weighted by Gasteiger charge is -2.34. The van der Waals surface area contributed by atoms with Crippen LogP contribution in [0.4, 0.5) is 0 Å². The van der Waals surface area contributed by atoms with Gasteiger partial charge < -0.3 is 21.5 Å². The molecule has 12 heavy (non-hydrogen) atoms. The lowest BCUT2D eigenvalue weighted by Crippen LogP contribution is -3.00. The van der Waals surface area contributed by atoms with Gasteiger partial charge in [0.05, 0.1) is 26.2 Å². The van der Waals surface area contributed by atoms with Gasteiger partial charge in [0, 0.05) is 0 Å². The standard InChI is InChI=1S/C10H22N.BrH/c1-5-9-10-11(6-2,7-3)8-4;/h5,9H,6-8,10H2,1-4H3;1H/q+1;/p-1. The number of rotatable bonds is 5. The van der Waals surface area contributed by atoms with E-state index >= 15 is 0 Å². The van der Waals surface area contributed by atoms with E-state index in [-0.39, 0.29) is 17.0 Å². The van der Waals surface area contributed by atoms with Crippen LogP contribution in [-0.2, 0) is 0 Å². The van der Waals surface area contributed by atoms with Crippen molar-refractivity contribution >= 4 is 0 Å². The van der Waals surface area contributed by atoms with Crippen LogP contribution < -0.4 is 17.0 Å². The molecule has 0 spiro atoms. The highest BCUT2D eigenvalue weighted by molar-refractivity contribution is 4.76. The maximum atomic E-state index is 2.27. The Labute approximate surface area is 87.8 Å². The van der Waals surface area contributed by atoms with E-state index in [0.29, 0.717) is 0 Å². The van der Waals surface area contributed by atoms with Crippen LogP contribution in [0.5, 0.6) is 0 Å². The van der Waals surface area contributed by atoms with Gasteiger partial charge in [0.1, 0.15) is 0 Å². The lowest BCUT2D eigenvalue weighted by molar-refractivity contribution is -0.917. The molecular weight excluding hydrogens is 214 g/mol. The van der Waals surface area contributed by atoms with Crippen molar-refractivity contribution in [2.45, 2.75) is 27.7 Å². The first-order valence-corrected chi connectivity index (χ1v) is 4.71. The summed E-state index contributed by atoms with van der Waals surface area (Å²) in [7, 11) is 0. The molecule has 0 aromatic heterocycles. The fraction of sp³-hybridized carbons (Fsp3) is 0.800. The molecule has 74 valence electrons. The molecule has 1 nitrogen and oxygen atoms in total. The molecule has 2 heteroatoms. The van der Waals surface area contributed by atoms with Crippen LogP contribution in [0.25, 0.3) is 0 Å². The van der Waals surface area contributed by atoms with E-state index in [0.717, 1.165) is 0 Å². The number of allylic oxidation sites excluding steroid dienone is 1. The van der Waals surface area contributed by atoms with E-state index in [1.807, 2.05) is 0 Å². The van der Waals surface area contributed by atoms with Crippen molar-refractivity contribution in [2.24, 2.45) is 0 Å². The highest BCUT2D eigenvalue weighted by Gasteiger charge is 2.17. The molecule has 0 atom stereocenters. The third kappa shape index (κ3) is 4.27. The molecule has 0 saturated carbocycles. The van der Waals surface area contributed by atoms with Gasteiger partial charge in [0.25, 0.3) is 0 Å². The van der Waals surface area contributed by atoms with Crippen molar-refractivity contribution in [2.75, 3.05) is 26.2 Å². The maximum Gasteiger partial charge on any atom is 0.0973 e. The van der Waals surface area contributed by atoms with E-state index < -0.39 is 0 Å². The van der Waals surface area contributed by atoms with E-state index in [1.54, 1.807) is 0 Å². The fourth-order valence-electron chi connectivity index (χ4n) is 1.39. The Balaban J connectivity index is 0. The molecule has 0 fully saturated rings. The predicted molar refractivity (Wildman–Crippen MR) is 51.6 cm³/mol. The van der Waals surface area contributed by atoms with Gasteiger partial charge in [-0.05, 0) is 33.8 Å². The van der Waals surface area contributed by atoms with Crippen molar-refractivity contribution in [1.29, 1.82) is 0 Å². The van der Waals surface area contributed by atoms with Crippen LogP contribution in [-0.4, -0.2) is 30.7 Å². The van der Waals surface area contributed by atoms with E-state index in [2.05, 4.69) is 39.8 Å². The molecule has 0 aliphatic carbocycles. The third-order valence-corrected chi connectivity index (χ3v) is 2.74. The third-order valence-electron chi connectivity index (χ3n) is 2.74. The zero-order valence-corrected chi connectivity index (χ0v) is 10.4. The number of quaternary nitrogens is 1. The summed E-state index contributed by atoms with van der Waals surface area (Å²) in [4.78, 5) is 0. The molecule has 0 aromatic rings. The number of hydrogen-bond donors (Lipinski definition) is 0. The second-order valence-corrected chi connectivity index (χ2v) is 3.04. The summed E-state index contributed by atoms with van der Waals surface area (Å²) < 4.78 is 1.23. The molecule has 0 saturated heterocycles. The van der Waals surface area contributed by atoms with Gasteiger partial charge in [-0.3, -0.25) is 0 Å². The minimum atomic E-state index is 0. The van der Waals surface area contributed by atoms with E-state index in [9.17, 15) is 0 Å². The minimum Gasteiger partial charge on any atom is -1.00 e.